The molecular weight excluding hydrogens is 484 g/mol. The van der Waals surface area contributed by atoms with Gasteiger partial charge in [0.2, 0.25) is 0 Å². The van der Waals surface area contributed by atoms with Gasteiger partial charge in [0, 0.05) is 18.9 Å². The van der Waals surface area contributed by atoms with E-state index in [0.717, 1.165) is 23.6 Å². The number of hydrogen-bond donors (Lipinski definition) is 0. The highest BCUT2D eigenvalue weighted by molar-refractivity contribution is 5.92. The van der Waals surface area contributed by atoms with Crippen molar-refractivity contribution in [3.63, 3.8) is 0 Å². The summed E-state index contributed by atoms with van der Waals surface area (Å²) >= 11 is 0. The van der Waals surface area contributed by atoms with Crippen LogP contribution < -0.4 is 4.74 Å². The number of carbonyl (C=O) groups is 3. The van der Waals surface area contributed by atoms with Gasteiger partial charge in [-0.05, 0) is 43.7 Å². The average Bonchev–Trinajstić information content (AvgIpc) is 3.41. The van der Waals surface area contributed by atoms with Gasteiger partial charge in [-0.15, -0.1) is 0 Å². The van der Waals surface area contributed by atoms with E-state index in [9.17, 15) is 14.4 Å². The normalized spacial score (nSPS) is 20.8. The Morgan fingerprint density at radius 2 is 1.74 bits per heavy atom. The van der Waals surface area contributed by atoms with Crippen LogP contribution >= 0.6 is 0 Å². The molecule has 2 aromatic rings. The second-order valence-electron chi connectivity index (χ2n) is 10.2. The Morgan fingerprint density at radius 1 is 0.974 bits per heavy atom. The Balaban J connectivity index is 1.57. The number of benzene rings is 2. The van der Waals surface area contributed by atoms with Crippen molar-refractivity contribution in [2.24, 2.45) is 11.3 Å². The van der Waals surface area contributed by atoms with E-state index in [-0.39, 0.29) is 18.8 Å². The molecule has 0 bridgehead atoms. The van der Waals surface area contributed by atoms with Crippen molar-refractivity contribution in [3.05, 3.63) is 66.8 Å². The SMILES string of the molecule is COCCOCC(CC1(C(=O)OC2(C(C)=O)C=CC=CC2)CCCC1)C(=O)Oc1cccc2ccccc12. The van der Waals surface area contributed by atoms with Gasteiger partial charge in [-0.3, -0.25) is 14.4 Å². The highest BCUT2D eigenvalue weighted by Gasteiger charge is 2.49. The first kappa shape index (κ1) is 27.7. The van der Waals surface area contributed by atoms with E-state index in [4.69, 9.17) is 18.9 Å². The fraction of sp³-hybridized carbons (Fsp3) is 0.452. The van der Waals surface area contributed by atoms with E-state index < -0.39 is 28.9 Å². The molecule has 0 saturated heterocycles. The zero-order valence-electron chi connectivity index (χ0n) is 22.1. The number of ketones is 1. The summed E-state index contributed by atoms with van der Waals surface area (Å²) in [7, 11) is 1.58. The number of allylic oxidation sites excluding steroid dienone is 2. The zero-order chi connectivity index (χ0) is 27.0. The lowest BCUT2D eigenvalue weighted by Crippen LogP contribution is -2.46. The van der Waals surface area contributed by atoms with E-state index in [1.54, 1.807) is 25.3 Å². The topological polar surface area (TPSA) is 88.1 Å². The first-order valence-corrected chi connectivity index (χ1v) is 13.2. The second kappa shape index (κ2) is 12.5. The Hall–Kier alpha value is -3.29. The van der Waals surface area contributed by atoms with Crippen molar-refractivity contribution in [2.45, 2.75) is 51.0 Å². The Bertz CT molecular complexity index is 1200. The van der Waals surface area contributed by atoms with E-state index in [0.29, 0.717) is 38.2 Å². The van der Waals surface area contributed by atoms with Crippen LogP contribution in [0.15, 0.2) is 66.8 Å². The molecule has 2 aliphatic rings. The van der Waals surface area contributed by atoms with Crippen LogP contribution in [0.25, 0.3) is 10.8 Å². The minimum absolute atomic E-state index is 0.0858. The molecule has 2 atom stereocenters. The predicted octanol–water partition coefficient (Wildman–Crippen LogP) is 5.36. The number of esters is 2. The van der Waals surface area contributed by atoms with Crippen LogP contribution in [-0.4, -0.2) is 50.3 Å². The molecule has 0 aromatic heterocycles. The number of methoxy groups -OCH3 is 1. The first-order valence-electron chi connectivity index (χ1n) is 13.2. The van der Waals surface area contributed by atoms with E-state index in [2.05, 4.69) is 0 Å². The minimum atomic E-state index is -1.31. The number of ether oxygens (including phenoxy) is 4. The summed E-state index contributed by atoms with van der Waals surface area (Å²) in [5.74, 6) is -1.36. The molecule has 0 heterocycles. The van der Waals surface area contributed by atoms with Gasteiger partial charge in [0.15, 0.2) is 11.4 Å². The molecule has 0 N–H and O–H groups in total. The molecule has 4 rings (SSSR count). The van der Waals surface area contributed by atoms with Crippen molar-refractivity contribution in [1.82, 2.24) is 0 Å². The lowest BCUT2D eigenvalue weighted by molar-refractivity contribution is -0.173. The number of rotatable bonds is 12. The summed E-state index contributed by atoms with van der Waals surface area (Å²) in [5, 5.41) is 1.79. The van der Waals surface area contributed by atoms with Crippen LogP contribution in [0.5, 0.6) is 5.75 Å². The van der Waals surface area contributed by atoms with Gasteiger partial charge in [0.25, 0.3) is 0 Å². The van der Waals surface area contributed by atoms with E-state index in [1.807, 2.05) is 48.6 Å². The summed E-state index contributed by atoms with van der Waals surface area (Å²) in [6.45, 7) is 2.23. The lowest BCUT2D eigenvalue weighted by atomic mass is 9.77. The van der Waals surface area contributed by atoms with Gasteiger partial charge in [-0.2, -0.15) is 0 Å². The van der Waals surface area contributed by atoms with Crippen LogP contribution in [0.3, 0.4) is 0 Å². The molecule has 0 spiro atoms. The highest BCUT2D eigenvalue weighted by atomic mass is 16.6. The maximum atomic E-state index is 13.8. The van der Waals surface area contributed by atoms with Crippen LogP contribution in [0, 0.1) is 11.3 Å². The van der Waals surface area contributed by atoms with Gasteiger partial charge in [0.1, 0.15) is 5.75 Å². The van der Waals surface area contributed by atoms with Crippen molar-refractivity contribution >= 4 is 28.5 Å². The lowest BCUT2D eigenvalue weighted by Gasteiger charge is -2.35. The summed E-state index contributed by atoms with van der Waals surface area (Å²) in [5.41, 5.74) is -2.21. The molecule has 2 aliphatic carbocycles. The fourth-order valence-corrected chi connectivity index (χ4v) is 5.35. The molecule has 0 radical (unpaired) electrons. The summed E-state index contributed by atoms with van der Waals surface area (Å²) in [6, 6.07) is 13.3. The molecule has 1 fully saturated rings. The highest BCUT2D eigenvalue weighted by Crippen LogP contribution is 2.46. The van der Waals surface area contributed by atoms with Crippen LogP contribution in [0.2, 0.25) is 0 Å². The van der Waals surface area contributed by atoms with Gasteiger partial charge >= 0.3 is 11.9 Å². The molecule has 1 saturated carbocycles. The Labute approximate surface area is 223 Å². The first-order chi connectivity index (χ1) is 18.4. The molecule has 2 unspecified atom stereocenters. The van der Waals surface area contributed by atoms with Crippen LogP contribution in [0.4, 0.5) is 0 Å². The third-order valence-electron chi connectivity index (χ3n) is 7.58. The second-order valence-corrected chi connectivity index (χ2v) is 10.2. The van der Waals surface area contributed by atoms with Crippen molar-refractivity contribution < 1.29 is 33.3 Å². The van der Waals surface area contributed by atoms with Gasteiger partial charge < -0.3 is 18.9 Å². The fourth-order valence-electron chi connectivity index (χ4n) is 5.35. The summed E-state index contributed by atoms with van der Waals surface area (Å²) in [4.78, 5) is 39.9. The van der Waals surface area contributed by atoms with E-state index in [1.165, 1.54) is 6.92 Å². The van der Waals surface area contributed by atoms with Gasteiger partial charge in [-0.25, -0.2) is 0 Å². The van der Waals surface area contributed by atoms with Gasteiger partial charge in [-0.1, -0.05) is 67.5 Å². The summed E-state index contributed by atoms with van der Waals surface area (Å²) in [6.07, 6.45) is 10.4. The van der Waals surface area contributed by atoms with Crippen molar-refractivity contribution in [1.29, 1.82) is 0 Å². The predicted molar refractivity (Wildman–Crippen MR) is 144 cm³/mol. The number of carbonyl (C=O) groups excluding carboxylic acids is 3. The zero-order valence-corrected chi connectivity index (χ0v) is 22.1. The molecular formula is C31H36O7. The smallest absolute Gasteiger partial charge is 0.316 e. The molecule has 2 aromatic carbocycles. The molecule has 0 amide bonds. The van der Waals surface area contributed by atoms with Gasteiger partial charge in [0.05, 0.1) is 31.2 Å². The molecule has 0 aliphatic heterocycles. The number of Topliss-reactive ketones (excluding diaryl/α,β-unsaturated/α-hetero) is 1. The monoisotopic (exact) mass is 520 g/mol. The molecule has 38 heavy (non-hydrogen) atoms. The maximum Gasteiger partial charge on any atom is 0.316 e. The molecule has 7 heteroatoms. The standard InChI is InChI=1S/C31H36O7/c1-23(32)31(17-6-3-7-18-31)38-29(34)30(15-8-9-16-30)21-25(22-36-20-19-35-2)28(33)37-27-14-10-12-24-11-4-5-13-26(24)27/h3-7,10-14,17,25H,8-9,15-16,18-22H2,1-2H3. The molecule has 7 nitrogen and oxygen atoms in total. The van der Waals surface area contributed by atoms with Crippen molar-refractivity contribution in [2.75, 3.05) is 26.9 Å². The molecule has 202 valence electrons. The average molecular weight is 521 g/mol. The van der Waals surface area contributed by atoms with Crippen molar-refractivity contribution in [3.8, 4) is 5.75 Å². The third kappa shape index (κ3) is 6.22. The van der Waals surface area contributed by atoms with E-state index >= 15 is 0 Å². The minimum Gasteiger partial charge on any atom is -0.446 e. The number of fused-ring (bicyclic) bond motifs is 1. The number of hydrogen-bond acceptors (Lipinski definition) is 7. The summed E-state index contributed by atoms with van der Waals surface area (Å²) < 4.78 is 22.8. The van der Waals surface area contributed by atoms with Crippen LogP contribution in [-0.2, 0) is 28.6 Å². The van der Waals surface area contributed by atoms with Crippen LogP contribution in [0.1, 0.15) is 45.4 Å². The Kier molecular flexibility index (Phi) is 9.13. The Morgan fingerprint density at radius 3 is 2.45 bits per heavy atom. The largest absolute Gasteiger partial charge is 0.446 e. The third-order valence-corrected chi connectivity index (χ3v) is 7.58. The maximum absolute atomic E-state index is 13.8. The quantitative estimate of drug-likeness (QED) is 0.211.